The van der Waals surface area contributed by atoms with Gasteiger partial charge >= 0.3 is 5.97 Å². The Bertz CT molecular complexity index is 1210. The molecule has 152 valence electrons. The van der Waals surface area contributed by atoms with E-state index in [0.717, 1.165) is 11.3 Å². The number of carbonyl (C=O) groups is 1. The molecule has 0 radical (unpaired) electrons. The van der Waals surface area contributed by atoms with Crippen molar-refractivity contribution in [2.75, 3.05) is 0 Å². The molecule has 0 saturated heterocycles. The highest BCUT2D eigenvalue weighted by Gasteiger charge is 2.20. The van der Waals surface area contributed by atoms with E-state index in [-0.39, 0.29) is 18.2 Å². The first-order valence-electron chi connectivity index (χ1n) is 9.10. The van der Waals surface area contributed by atoms with Crippen molar-refractivity contribution in [2.24, 2.45) is 0 Å². The Balaban J connectivity index is 1.53. The maximum absolute atomic E-state index is 12.8. The van der Waals surface area contributed by atoms with Crippen LogP contribution >= 0.6 is 0 Å². The normalized spacial score (nSPS) is 11.6. The first kappa shape index (κ1) is 19.2. The Morgan fingerprint density at radius 3 is 2.57 bits per heavy atom. The van der Waals surface area contributed by atoms with Crippen LogP contribution in [0.25, 0.3) is 23.2 Å². The molecule has 4 aromatic rings. The van der Waals surface area contributed by atoms with Crippen LogP contribution in [0.3, 0.4) is 0 Å². The minimum absolute atomic E-state index is 0.157. The second-order valence-electron chi connectivity index (χ2n) is 6.48. The fourth-order valence-corrected chi connectivity index (χ4v) is 2.83. The summed E-state index contributed by atoms with van der Waals surface area (Å²) < 4.78 is 17.8. The van der Waals surface area contributed by atoms with Gasteiger partial charge in [-0.3, -0.25) is 0 Å². The van der Waals surface area contributed by atoms with Gasteiger partial charge in [-0.25, -0.2) is 4.79 Å². The molecule has 30 heavy (non-hydrogen) atoms. The molecule has 0 spiro atoms. The van der Waals surface area contributed by atoms with Gasteiger partial charge in [-0.1, -0.05) is 30.3 Å². The third kappa shape index (κ3) is 4.02. The van der Waals surface area contributed by atoms with E-state index in [1.807, 2.05) is 37.3 Å². The molecule has 3 aromatic heterocycles. The first-order chi connectivity index (χ1) is 14.5. The minimum atomic E-state index is -0.635. The standard InChI is InChI=1S/C20H18N6O4/c1-12-9-16(13(2)29-12)19-23-22-18(30-19)11-28-20(27)17(26-14(3)21-24-25-26)10-15-7-5-4-6-8-15/h4-10H,11H2,1-3H3/b17-10-. The summed E-state index contributed by atoms with van der Waals surface area (Å²) in [4.78, 5) is 12.8. The smallest absolute Gasteiger partial charge is 0.357 e. The van der Waals surface area contributed by atoms with E-state index in [1.165, 1.54) is 4.68 Å². The molecular formula is C20H18N6O4. The fraction of sp³-hybridized carbons (Fsp3) is 0.200. The van der Waals surface area contributed by atoms with Gasteiger partial charge in [0.2, 0.25) is 0 Å². The highest BCUT2D eigenvalue weighted by molar-refractivity contribution is 6.15. The quantitative estimate of drug-likeness (QED) is 0.351. The van der Waals surface area contributed by atoms with E-state index in [1.54, 1.807) is 26.0 Å². The topological polar surface area (TPSA) is 122 Å². The number of hydrogen-bond donors (Lipinski definition) is 0. The largest absolute Gasteiger partial charge is 0.466 e. The van der Waals surface area contributed by atoms with Crippen LogP contribution in [0, 0.1) is 20.8 Å². The van der Waals surface area contributed by atoms with Gasteiger partial charge in [0.05, 0.1) is 5.56 Å². The van der Waals surface area contributed by atoms with Gasteiger partial charge in [0.15, 0.2) is 18.1 Å². The molecule has 0 amide bonds. The lowest BCUT2D eigenvalue weighted by atomic mass is 10.2. The summed E-state index contributed by atoms with van der Waals surface area (Å²) >= 11 is 0. The molecule has 0 saturated carbocycles. The zero-order chi connectivity index (χ0) is 21.1. The number of carbonyl (C=O) groups excluding carboxylic acids is 1. The summed E-state index contributed by atoms with van der Waals surface area (Å²) in [7, 11) is 0. The Kier molecular flexibility index (Phi) is 5.21. The number of benzene rings is 1. The van der Waals surface area contributed by atoms with Crippen LogP contribution in [0.2, 0.25) is 0 Å². The van der Waals surface area contributed by atoms with Crippen LogP contribution in [-0.2, 0) is 16.1 Å². The summed E-state index contributed by atoms with van der Waals surface area (Å²) in [6.07, 6.45) is 1.64. The van der Waals surface area contributed by atoms with Crippen molar-refractivity contribution < 1.29 is 18.4 Å². The molecule has 0 N–H and O–H groups in total. The van der Waals surface area contributed by atoms with E-state index < -0.39 is 5.97 Å². The lowest BCUT2D eigenvalue weighted by molar-refractivity contribution is -0.139. The predicted octanol–water partition coefficient (Wildman–Crippen LogP) is 2.98. The monoisotopic (exact) mass is 406 g/mol. The van der Waals surface area contributed by atoms with E-state index in [0.29, 0.717) is 23.0 Å². The van der Waals surface area contributed by atoms with Crippen LogP contribution in [0.15, 0.2) is 45.2 Å². The fourth-order valence-electron chi connectivity index (χ4n) is 2.83. The lowest BCUT2D eigenvalue weighted by Gasteiger charge is -2.07. The number of ether oxygens (including phenoxy) is 1. The molecule has 10 nitrogen and oxygen atoms in total. The van der Waals surface area contributed by atoms with Crippen LogP contribution in [-0.4, -0.2) is 36.4 Å². The first-order valence-corrected chi connectivity index (χ1v) is 9.10. The Labute approximate surface area is 171 Å². The summed E-state index contributed by atoms with van der Waals surface area (Å²) in [5, 5.41) is 19.2. The number of aryl methyl sites for hydroxylation is 3. The third-order valence-electron chi connectivity index (χ3n) is 4.23. The van der Waals surface area contributed by atoms with Crippen molar-refractivity contribution in [1.82, 2.24) is 30.4 Å². The number of nitrogens with zero attached hydrogens (tertiary/aromatic N) is 6. The molecule has 0 aliphatic heterocycles. The lowest BCUT2D eigenvalue weighted by Crippen LogP contribution is -2.15. The maximum Gasteiger partial charge on any atom is 0.357 e. The van der Waals surface area contributed by atoms with Crippen LogP contribution < -0.4 is 0 Å². The van der Waals surface area contributed by atoms with Gasteiger partial charge < -0.3 is 13.6 Å². The van der Waals surface area contributed by atoms with Crippen molar-refractivity contribution >= 4 is 17.7 Å². The van der Waals surface area contributed by atoms with E-state index in [9.17, 15) is 4.79 Å². The number of aromatic nitrogens is 6. The average Bonchev–Trinajstić information content (AvgIpc) is 3.45. The predicted molar refractivity (Wildman–Crippen MR) is 104 cm³/mol. The van der Waals surface area contributed by atoms with Crippen LogP contribution in [0.5, 0.6) is 0 Å². The van der Waals surface area contributed by atoms with Gasteiger partial charge in [0.25, 0.3) is 11.8 Å². The molecular weight excluding hydrogens is 388 g/mol. The van der Waals surface area contributed by atoms with Crippen molar-refractivity contribution in [3.8, 4) is 11.5 Å². The molecule has 0 aliphatic rings. The van der Waals surface area contributed by atoms with Crippen LogP contribution in [0.4, 0.5) is 0 Å². The highest BCUT2D eigenvalue weighted by atomic mass is 16.5. The summed E-state index contributed by atoms with van der Waals surface area (Å²) in [5.41, 5.74) is 1.65. The zero-order valence-electron chi connectivity index (χ0n) is 16.6. The van der Waals surface area contributed by atoms with Gasteiger partial charge in [0, 0.05) is 0 Å². The second-order valence-corrected chi connectivity index (χ2v) is 6.48. The van der Waals surface area contributed by atoms with E-state index in [2.05, 4.69) is 25.7 Å². The maximum atomic E-state index is 12.8. The molecule has 4 rings (SSSR count). The summed E-state index contributed by atoms with van der Waals surface area (Å²) in [6.45, 7) is 5.12. The third-order valence-corrected chi connectivity index (χ3v) is 4.23. The Morgan fingerprint density at radius 1 is 1.10 bits per heavy atom. The number of tetrazole rings is 1. The Morgan fingerprint density at radius 2 is 1.90 bits per heavy atom. The van der Waals surface area contributed by atoms with Crippen molar-refractivity contribution in [2.45, 2.75) is 27.4 Å². The van der Waals surface area contributed by atoms with Crippen molar-refractivity contribution in [1.29, 1.82) is 0 Å². The zero-order valence-corrected chi connectivity index (χ0v) is 16.6. The van der Waals surface area contributed by atoms with E-state index in [4.69, 9.17) is 13.6 Å². The molecule has 0 bridgehead atoms. The molecule has 1 aromatic carbocycles. The Hall–Kier alpha value is -4.08. The minimum Gasteiger partial charge on any atom is -0.466 e. The number of furan rings is 1. The molecule has 10 heteroatoms. The van der Waals surface area contributed by atoms with Crippen LogP contribution in [0.1, 0.15) is 28.8 Å². The summed E-state index contributed by atoms with van der Waals surface area (Å²) in [5.74, 6) is 1.67. The number of esters is 1. The SMILES string of the molecule is Cc1cc(-c2nnc(COC(=O)/C(=C/c3ccccc3)n3nnnc3C)o2)c(C)o1. The second kappa shape index (κ2) is 8.11. The van der Waals surface area contributed by atoms with Gasteiger partial charge in [-0.2, -0.15) is 4.68 Å². The van der Waals surface area contributed by atoms with Gasteiger partial charge in [-0.05, 0) is 48.9 Å². The molecule has 0 fully saturated rings. The van der Waals surface area contributed by atoms with Crippen molar-refractivity contribution in [3.63, 3.8) is 0 Å². The molecule has 0 atom stereocenters. The molecule has 3 heterocycles. The number of hydrogen-bond acceptors (Lipinski definition) is 9. The average molecular weight is 406 g/mol. The van der Waals surface area contributed by atoms with Crippen molar-refractivity contribution in [3.05, 3.63) is 65.2 Å². The number of rotatable bonds is 6. The molecule has 0 aliphatic carbocycles. The molecule has 0 unspecified atom stereocenters. The highest BCUT2D eigenvalue weighted by Crippen LogP contribution is 2.25. The van der Waals surface area contributed by atoms with E-state index >= 15 is 0 Å². The summed E-state index contributed by atoms with van der Waals surface area (Å²) in [6, 6.07) is 11.1. The van der Waals surface area contributed by atoms with Gasteiger partial charge in [0.1, 0.15) is 11.5 Å². The van der Waals surface area contributed by atoms with Gasteiger partial charge in [-0.15, -0.1) is 15.3 Å².